The molecule has 0 saturated carbocycles. The number of sulfone groups is 1. The van der Waals surface area contributed by atoms with Crippen LogP contribution < -0.4 is 5.32 Å². The molecule has 8 nitrogen and oxygen atoms in total. The van der Waals surface area contributed by atoms with Crippen LogP contribution in [0.25, 0.3) is 0 Å². The van der Waals surface area contributed by atoms with Crippen LogP contribution in [-0.4, -0.2) is 73.8 Å². The first kappa shape index (κ1) is 17.7. The zero-order valence-electron chi connectivity index (χ0n) is 14.5. The first-order chi connectivity index (χ1) is 12.4. The molecule has 3 fully saturated rings. The van der Waals surface area contributed by atoms with Crippen molar-refractivity contribution in [1.82, 2.24) is 9.88 Å². The number of anilines is 1. The van der Waals surface area contributed by atoms with Crippen LogP contribution >= 0.6 is 0 Å². The van der Waals surface area contributed by atoms with Crippen LogP contribution in [0.4, 0.5) is 5.69 Å². The minimum absolute atomic E-state index is 0.114. The van der Waals surface area contributed by atoms with E-state index in [1.165, 1.54) is 0 Å². The third-order valence-electron chi connectivity index (χ3n) is 5.21. The molecule has 0 aromatic carbocycles. The maximum absolute atomic E-state index is 12.8. The highest BCUT2D eigenvalue weighted by molar-refractivity contribution is 7.91. The van der Waals surface area contributed by atoms with Gasteiger partial charge in [-0.1, -0.05) is 0 Å². The maximum Gasteiger partial charge on any atom is 0.272 e. The van der Waals surface area contributed by atoms with Gasteiger partial charge in [0.25, 0.3) is 5.91 Å². The molecule has 0 bridgehead atoms. The minimum atomic E-state index is -2.95. The summed E-state index contributed by atoms with van der Waals surface area (Å²) in [5, 5.41) is 3.20. The number of ether oxygens (including phenoxy) is 2. The van der Waals surface area contributed by atoms with E-state index in [0.717, 1.165) is 5.69 Å². The fourth-order valence-electron chi connectivity index (χ4n) is 3.78. The molecule has 3 aliphatic rings. The van der Waals surface area contributed by atoms with Crippen LogP contribution in [0, 0.1) is 0 Å². The molecule has 142 valence electrons. The number of nitrogens with one attached hydrogen (secondary N) is 1. The first-order valence-electron chi connectivity index (χ1n) is 8.95. The average Bonchev–Trinajstić information content (AvgIpc) is 3.21. The summed E-state index contributed by atoms with van der Waals surface area (Å²) in [6, 6.07) is 3.34. The van der Waals surface area contributed by atoms with Crippen LogP contribution in [0.15, 0.2) is 18.3 Å². The molecular weight excluding hydrogens is 358 g/mol. The molecule has 3 aliphatic heterocycles. The Morgan fingerprint density at radius 3 is 2.65 bits per heavy atom. The van der Waals surface area contributed by atoms with E-state index in [-0.39, 0.29) is 23.5 Å². The number of hydrogen-bond acceptors (Lipinski definition) is 7. The number of hydrogen-bond donors (Lipinski definition) is 1. The van der Waals surface area contributed by atoms with Crippen molar-refractivity contribution in [3.8, 4) is 0 Å². The Balaban J connectivity index is 1.39. The van der Waals surface area contributed by atoms with E-state index in [9.17, 15) is 13.2 Å². The van der Waals surface area contributed by atoms with Gasteiger partial charge >= 0.3 is 0 Å². The molecule has 1 aromatic heterocycles. The van der Waals surface area contributed by atoms with E-state index in [2.05, 4.69) is 10.3 Å². The fourth-order valence-corrected chi connectivity index (χ4v) is 5.45. The zero-order valence-corrected chi connectivity index (χ0v) is 15.3. The number of nitrogens with zero attached hydrogens (tertiary/aromatic N) is 2. The van der Waals surface area contributed by atoms with Gasteiger partial charge in [0.05, 0.1) is 24.7 Å². The predicted molar refractivity (Wildman–Crippen MR) is 94.7 cm³/mol. The topological polar surface area (TPSA) is 97.8 Å². The monoisotopic (exact) mass is 381 g/mol. The number of carbonyl (C=O) groups excluding carboxylic acids is 1. The van der Waals surface area contributed by atoms with Gasteiger partial charge in [-0.3, -0.25) is 9.78 Å². The molecule has 4 rings (SSSR count). The van der Waals surface area contributed by atoms with E-state index in [1.807, 2.05) is 0 Å². The summed E-state index contributed by atoms with van der Waals surface area (Å²) in [6.07, 6.45) is 3.49. The van der Waals surface area contributed by atoms with Gasteiger partial charge < -0.3 is 19.7 Å². The molecular formula is C17H23N3O5S. The fraction of sp³-hybridized carbons (Fsp3) is 0.647. The first-order valence-corrected chi connectivity index (χ1v) is 10.8. The number of piperidine rings is 1. The molecule has 3 saturated heterocycles. The lowest BCUT2D eigenvalue weighted by Crippen LogP contribution is -2.47. The molecule has 1 spiro atoms. The second-order valence-corrected chi connectivity index (χ2v) is 9.30. The third kappa shape index (κ3) is 3.70. The lowest BCUT2D eigenvalue weighted by Gasteiger charge is -2.37. The summed E-state index contributed by atoms with van der Waals surface area (Å²) >= 11 is 0. The largest absolute Gasteiger partial charge is 0.381 e. The molecule has 1 unspecified atom stereocenters. The van der Waals surface area contributed by atoms with Crippen molar-refractivity contribution in [2.24, 2.45) is 0 Å². The van der Waals surface area contributed by atoms with Gasteiger partial charge in [-0.25, -0.2) is 8.42 Å². The maximum atomic E-state index is 12.8. The number of carbonyl (C=O) groups is 1. The van der Waals surface area contributed by atoms with Crippen LogP contribution in [0.1, 0.15) is 29.8 Å². The average molecular weight is 381 g/mol. The summed E-state index contributed by atoms with van der Waals surface area (Å²) < 4.78 is 34.6. The Hall–Kier alpha value is -1.71. The molecule has 1 amide bonds. The van der Waals surface area contributed by atoms with Gasteiger partial charge in [0.2, 0.25) is 0 Å². The number of aromatic nitrogens is 1. The molecule has 0 radical (unpaired) electrons. The van der Waals surface area contributed by atoms with Crippen LogP contribution in [0.2, 0.25) is 0 Å². The van der Waals surface area contributed by atoms with Crippen LogP contribution in [0.3, 0.4) is 0 Å². The number of pyridine rings is 1. The molecule has 9 heteroatoms. The molecule has 0 aliphatic carbocycles. The minimum Gasteiger partial charge on any atom is -0.381 e. The standard InChI is InChI=1S/C17H23N3O5S/c21-16(20-6-3-17(4-7-20)24-8-9-25-17)15-11-13(1-5-18-15)19-14-2-10-26(22,23)12-14/h1,5,11,14H,2-4,6-10,12H2,(H,18,19). The van der Waals surface area contributed by atoms with E-state index in [0.29, 0.717) is 51.3 Å². The summed E-state index contributed by atoms with van der Waals surface area (Å²) in [7, 11) is -2.95. The smallest absolute Gasteiger partial charge is 0.272 e. The SMILES string of the molecule is O=C(c1cc(NC2CCS(=O)(=O)C2)ccn1)N1CCC2(CC1)OCCO2. The highest BCUT2D eigenvalue weighted by atomic mass is 32.2. The number of amides is 1. The second kappa shape index (κ2) is 6.79. The van der Waals surface area contributed by atoms with Crippen LogP contribution in [-0.2, 0) is 19.3 Å². The van der Waals surface area contributed by atoms with Crippen molar-refractivity contribution >= 4 is 21.4 Å². The Kier molecular flexibility index (Phi) is 4.62. The third-order valence-corrected chi connectivity index (χ3v) is 6.98. The Bertz CT molecular complexity index is 781. The van der Waals surface area contributed by atoms with Crippen molar-refractivity contribution in [2.45, 2.75) is 31.1 Å². The molecule has 1 aromatic rings. The highest BCUT2D eigenvalue weighted by Gasteiger charge is 2.41. The number of likely N-dealkylation sites (tertiary alicyclic amines) is 1. The zero-order chi connectivity index (χ0) is 18.2. The van der Waals surface area contributed by atoms with Crippen molar-refractivity contribution in [2.75, 3.05) is 43.1 Å². The predicted octanol–water partition coefficient (Wildman–Crippen LogP) is 0.660. The quantitative estimate of drug-likeness (QED) is 0.821. The number of rotatable bonds is 3. The lowest BCUT2D eigenvalue weighted by atomic mass is 10.0. The highest BCUT2D eigenvalue weighted by Crippen LogP contribution is 2.31. The van der Waals surface area contributed by atoms with Gasteiger partial charge in [-0.05, 0) is 18.6 Å². The Morgan fingerprint density at radius 2 is 2.00 bits per heavy atom. The van der Waals surface area contributed by atoms with Gasteiger partial charge in [0, 0.05) is 43.9 Å². The summed E-state index contributed by atoms with van der Waals surface area (Å²) in [6.45, 7) is 2.36. The van der Waals surface area contributed by atoms with Crippen molar-refractivity contribution in [3.63, 3.8) is 0 Å². The summed E-state index contributed by atoms with van der Waals surface area (Å²) in [5.74, 6) is -0.296. The second-order valence-electron chi connectivity index (χ2n) is 7.07. The molecule has 1 N–H and O–H groups in total. The van der Waals surface area contributed by atoms with Gasteiger partial charge in [0.15, 0.2) is 15.6 Å². The summed E-state index contributed by atoms with van der Waals surface area (Å²) in [4.78, 5) is 18.7. The van der Waals surface area contributed by atoms with Gasteiger partial charge in [0.1, 0.15) is 5.69 Å². The van der Waals surface area contributed by atoms with E-state index < -0.39 is 15.6 Å². The van der Waals surface area contributed by atoms with E-state index >= 15 is 0 Å². The lowest BCUT2D eigenvalue weighted by molar-refractivity contribution is -0.181. The Labute approximate surface area is 152 Å². The van der Waals surface area contributed by atoms with E-state index in [1.54, 1.807) is 23.2 Å². The van der Waals surface area contributed by atoms with Gasteiger partial charge in [-0.2, -0.15) is 0 Å². The van der Waals surface area contributed by atoms with E-state index in [4.69, 9.17) is 9.47 Å². The molecule has 1 atom stereocenters. The van der Waals surface area contributed by atoms with Crippen molar-refractivity contribution in [3.05, 3.63) is 24.0 Å². The molecule has 26 heavy (non-hydrogen) atoms. The Morgan fingerprint density at radius 1 is 1.27 bits per heavy atom. The normalized spacial score (nSPS) is 26.9. The molecule has 4 heterocycles. The van der Waals surface area contributed by atoms with Crippen molar-refractivity contribution < 1.29 is 22.7 Å². The van der Waals surface area contributed by atoms with Gasteiger partial charge in [-0.15, -0.1) is 0 Å². The summed E-state index contributed by atoms with van der Waals surface area (Å²) in [5.41, 5.74) is 1.08. The van der Waals surface area contributed by atoms with Crippen LogP contribution in [0.5, 0.6) is 0 Å². The van der Waals surface area contributed by atoms with Crippen molar-refractivity contribution in [1.29, 1.82) is 0 Å².